The Morgan fingerprint density at radius 1 is 1.26 bits per heavy atom. The Morgan fingerprint density at radius 3 is 2.70 bits per heavy atom. The molecule has 0 atom stereocenters. The van der Waals surface area contributed by atoms with Gasteiger partial charge in [0.2, 0.25) is 5.91 Å². The van der Waals surface area contributed by atoms with E-state index in [1.807, 2.05) is 6.07 Å². The molecule has 0 saturated heterocycles. The summed E-state index contributed by atoms with van der Waals surface area (Å²) in [6.07, 6.45) is 0.176. The van der Waals surface area contributed by atoms with Gasteiger partial charge in [0.25, 0.3) is 0 Å². The minimum atomic E-state index is -0.431. The van der Waals surface area contributed by atoms with E-state index in [-0.39, 0.29) is 12.3 Å². The number of oxazole rings is 1. The second kappa shape index (κ2) is 5.81. The van der Waals surface area contributed by atoms with Gasteiger partial charge >= 0.3 is 5.76 Å². The van der Waals surface area contributed by atoms with Crippen molar-refractivity contribution in [1.29, 1.82) is 5.26 Å². The number of nitriles is 1. The van der Waals surface area contributed by atoms with Gasteiger partial charge in [-0.2, -0.15) is 5.26 Å². The molecule has 1 amide bonds. The van der Waals surface area contributed by atoms with Gasteiger partial charge in [0.05, 0.1) is 23.6 Å². The summed E-state index contributed by atoms with van der Waals surface area (Å²) >= 11 is 0. The summed E-state index contributed by atoms with van der Waals surface area (Å²) in [7, 11) is 1.62. The molecule has 1 N–H and O–H groups in total. The normalized spacial score (nSPS) is 10.4. The molecule has 6 heteroatoms. The quantitative estimate of drug-likeness (QED) is 0.803. The summed E-state index contributed by atoms with van der Waals surface area (Å²) in [5, 5.41) is 11.5. The lowest BCUT2D eigenvalue weighted by Crippen LogP contribution is -2.14. The van der Waals surface area contributed by atoms with Gasteiger partial charge in [0.15, 0.2) is 5.58 Å². The first-order chi connectivity index (χ1) is 11.1. The number of carbonyl (C=O) groups is 1. The summed E-state index contributed by atoms with van der Waals surface area (Å²) in [4.78, 5) is 23.6. The number of aryl methyl sites for hydroxylation is 1. The largest absolute Gasteiger partial charge is 0.419 e. The first-order valence-corrected chi connectivity index (χ1v) is 6.95. The summed E-state index contributed by atoms with van der Waals surface area (Å²) in [5.41, 5.74) is 3.09. The van der Waals surface area contributed by atoms with Crippen LogP contribution >= 0.6 is 0 Å². The van der Waals surface area contributed by atoms with Crippen molar-refractivity contribution in [3.8, 4) is 6.07 Å². The Morgan fingerprint density at radius 2 is 2.00 bits per heavy atom. The van der Waals surface area contributed by atoms with Crippen LogP contribution in [-0.2, 0) is 18.3 Å². The van der Waals surface area contributed by atoms with Crippen LogP contribution in [0.4, 0.5) is 5.69 Å². The topological polar surface area (TPSA) is 88.0 Å². The molecule has 0 spiro atoms. The highest BCUT2D eigenvalue weighted by atomic mass is 16.4. The molecule has 1 aromatic heterocycles. The van der Waals surface area contributed by atoms with Crippen molar-refractivity contribution in [2.75, 3.05) is 5.32 Å². The molecule has 0 saturated carbocycles. The third-order valence-electron chi connectivity index (χ3n) is 3.52. The molecule has 6 nitrogen and oxygen atoms in total. The van der Waals surface area contributed by atoms with Crippen molar-refractivity contribution < 1.29 is 9.21 Å². The summed E-state index contributed by atoms with van der Waals surface area (Å²) in [5.74, 6) is -0.610. The second-order valence-electron chi connectivity index (χ2n) is 5.14. The molecule has 0 aliphatic heterocycles. The smallest absolute Gasteiger partial charge is 0.408 e. The van der Waals surface area contributed by atoms with Crippen molar-refractivity contribution in [1.82, 2.24) is 4.57 Å². The van der Waals surface area contributed by atoms with E-state index in [1.165, 1.54) is 4.57 Å². The van der Waals surface area contributed by atoms with Crippen molar-refractivity contribution in [2.45, 2.75) is 6.42 Å². The zero-order chi connectivity index (χ0) is 16.4. The molecular weight excluding hydrogens is 294 g/mol. The minimum Gasteiger partial charge on any atom is -0.408 e. The van der Waals surface area contributed by atoms with Crippen molar-refractivity contribution in [3.63, 3.8) is 0 Å². The van der Waals surface area contributed by atoms with Gasteiger partial charge in [-0.15, -0.1) is 0 Å². The van der Waals surface area contributed by atoms with Crippen LogP contribution in [0.5, 0.6) is 0 Å². The fourth-order valence-corrected chi connectivity index (χ4v) is 2.30. The summed E-state index contributed by atoms with van der Waals surface area (Å²) < 4.78 is 6.46. The van der Waals surface area contributed by atoms with Gasteiger partial charge in [-0.05, 0) is 42.0 Å². The van der Waals surface area contributed by atoms with Gasteiger partial charge in [-0.3, -0.25) is 9.36 Å². The predicted molar refractivity (Wildman–Crippen MR) is 84.9 cm³/mol. The number of hydrogen-bond donors (Lipinski definition) is 1. The van der Waals surface area contributed by atoms with Gasteiger partial charge in [-0.1, -0.05) is 6.07 Å². The Bertz CT molecular complexity index is 975. The maximum absolute atomic E-state index is 12.1. The highest BCUT2D eigenvalue weighted by molar-refractivity contribution is 5.92. The molecule has 0 aliphatic carbocycles. The van der Waals surface area contributed by atoms with E-state index >= 15 is 0 Å². The lowest BCUT2D eigenvalue weighted by molar-refractivity contribution is -0.115. The third-order valence-corrected chi connectivity index (χ3v) is 3.52. The van der Waals surface area contributed by atoms with Crippen LogP contribution in [0.15, 0.2) is 51.7 Å². The van der Waals surface area contributed by atoms with Gasteiger partial charge in [0.1, 0.15) is 0 Å². The second-order valence-corrected chi connectivity index (χ2v) is 5.14. The standard InChI is InChI=1S/C17H13N3O3/c1-20-14-8-12(4-7-15(14)23-17(20)22)9-16(21)19-13-5-2-11(10-18)3-6-13/h2-8H,9H2,1H3,(H,19,21). The molecular formula is C17H13N3O3. The van der Waals surface area contributed by atoms with Gasteiger partial charge < -0.3 is 9.73 Å². The fraction of sp³-hybridized carbons (Fsp3) is 0.118. The number of benzene rings is 2. The molecule has 0 fully saturated rings. The van der Waals surface area contributed by atoms with Crippen LogP contribution in [0, 0.1) is 11.3 Å². The van der Waals surface area contributed by atoms with Crippen LogP contribution < -0.4 is 11.1 Å². The molecule has 0 unspecified atom stereocenters. The lowest BCUT2D eigenvalue weighted by Gasteiger charge is -2.05. The van der Waals surface area contributed by atoms with Gasteiger partial charge in [0, 0.05) is 12.7 Å². The molecule has 3 rings (SSSR count). The van der Waals surface area contributed by atoms with Crippen molar-refractivity contribution in [2.24, 2.45) is 7.05 Å². The van der Waals surface area contributed by atoms with Crippen LogP contribution in [-0.4, -0.2) is 10.5 Å². The predicted octanol–water partition coefficient (Wildman–Crippen LogP) is 2.18. The van der Waals surface area contributed by atoms with E-state index in [1.54, 1.807) is 49.5 Å². The summed E-state index contributed by atoms with van der Waals surface area (Å²) in [6.45, 7) is 0. The molecule has 0 aliphatic rings. The van der Waals surface area contributed by atoms with Crippen molar-refractivity contribution >= 4 is 22.7 Å². The highest BCUT2D eigenvalue weighted by Crippen LogP contribution is 2.15. The van der Waals surface area contributed by atoms with Crippen LogP contribution in [0.3, 0.4) is 0 Å². The van der Waals surface area contributed by atoms with Crippen molar-refractivity contribution in [3.05, 3.63) is 64.1 Å². The number of aromatic nitrogens is 1. The van der Waals surface area contributed by atoms with E-state index in [0.717, 1.165) is 5.56 Å². The average molecular weight is 307 g/mol. The molecule has 1 heterocycles. The Labute approximate surface area is 131 Å². The minimum absolute atomic E-state index is 0.176. The molecule has 114 valence electrons. The number of hydrogen-bond acceptors (Lipinski definition) is 4. The number of amides is 1. The third kappa shape index (κ3) is 2.99. The number of nitrogens with one attached hydrogen (secondary N) is 1. The average Bonchev–Trinajstić information content (AvgIpc) is 2.83. The number of rotatable bonds is 3. The highest BCUT2D eigenvalue weighted by Gasteiger charge is 2.09. The van der Waals surface area contributed by atoms with Gasteiger partial charge in [-0.25, -0.2) is 4.79 Å². The summed E-state index contributed by atoms with van der Waals surface area (Å²) in [6, 6.07) is 13.9. The van der Waals surface area contributed by atoms with E-state index < -0.39 is 5.76 Å². The first kappa shape index (κ1) is 14.6. The van der Waals surface area contributed by atoms with E-state index in [0.29, 0.717) is 22.4 Å². The molecule has 2 aromatic carbocycles. The number of fused-ring (bicyclic) bond motifs is 1. The fourth-order valence-electron chi connectivity index (χ4n) is 2.30. The molecule has 3 aromatic rings. The van der Waals surface area contributed by atoms with Crippen LogP contribution in [0.1, 0.15) is 11.1 Å². The number of nitrogens with zero attached hydrogens (tertiary/aromatic N) is 2. The molecule has 23 heavy (non-hydrogen) atoms. The van der Waals surface area contributed by atoms with E-state index in [9.17, 15) is 9.59 Å². The van der Waals surface area contributed by atoms with Crippen LogP contribution in [0.2, 0.25) is 0 Å². The molecule has 0 bridgehead atoms. The van der Waals surface area contributed by atoms with E-state index in [2.05, 4.69) is 5.32 Å². The Kier molecular flexibility index (Phi) is 3.69. The maximum atomic E-state index is 12.1. The maximum Gasteiger partial charge on any atom is 0.419 e. The zero-order valence-electron chi connectivity index (χ0n) is 12.4. The Hall–Kier alpha value is -3.33. The zero-order valence-corrected chi connectivity index (χ0v) is 12.4. The lowest BCUT2D eigenvalue weighted by atomic mass is 10.1. The SMILES string of the molecule is Cn1c(=O)oc2ccc(CC(=O)Nc3ccc(C#N)cc3)cc21. The number of carbonyl (C=O) groups excluding carboxylic acids is 1. The first-order valence-electron chi connectivity index (χ1n) is 6.95. The number of anilines is 1. The Balaban J connectivity index is 1.75. The van der Waals surface area contributed by atoms with Crippen LogP contribution in [0.25, 0.3) is 11.1 Å². The van der Waals surface area contributed by atoms with E-state index in [4.69, 9.17) is 9.68 Å². The molecule has 0 radical (unpaired) electrons. The monoisotopic (exact) mass is 307 g/mol.